The van der Waals surface area contributed by atoms with E-state index in [1.54, 1.807) is 6.07 Å². The minimum Gasteiger partial charge on any atom is -0.309 e. The molecule has 1 aromatic carbocycles. The molecule has 118 valence electrons. The number of benzene rings is 1. The molecule has 0 bridgehead atoms. The molecule has 0 amide bonds. The fourth-order valence-electron chi connectivity index (χ4n) is 2.99. The highest BCUT2D eigenvalue weighted by atomic mass is 32.2. The van der Waals surface area contributed by atoms with Crippen LogP contribution in [0.3, 0.4) is 0 Å². The molecule has 8 heteroatoms. The molecular weight excluding hydrogens is 312 g/mol. The van der Waals surface area contributed by atoms with Gasteiger partial charge >= 0.3 is 0 Å². The van der Waals surface area contributed by atoms with Gasteiger partial charge in [0, 0.05) is 0 Å². The molecule has 0 aliphatic heterocycles. The van der Waals surface area contributed by atoms with Crippen molar-refractivity contribution in [1.82, 2.24) is 30.2 Å². The van der Waals surface area contributed by atoms with Crippen LogP contribution in [0.25, 0.3) is 10.9 Å². The van der Waals surface area contributed by atoms with E-state index in [9.17, 15) is 4.79 Å². The van der Waals surface area contributed by atoms with Crippen molar-refractivity contribution < 1.29 is 0 Å². The molecule has 0 atom stereocenters. The first-order valence-electron chi connectivity index (χ1n) is 7.70. The predicted molar refractivity (Wildman–Crippen MR) is 87.2 cm³/mol. The highest BCUT2D eigenvalue weighted by Crippen LogP contribution is 2.31. The lowest BCUT2D eigenvalue weighted by molar-refractivity contribution is 0.423. The van der Waals surface area contributed by atoms with E-state index in [0.29, 0.717) is 28.5 Å². The summed E-state index contributed by atoms with van der Waals surface area (Å²) in [6, 6.07) is 7.74. The van der Waals surface area contributed by atoms with Gasteiger partial charge in [0.2, 0.25) is 5.16 Å². The van der Waals surface area contributed by atoms with Crippen molar-refractivity contribution in [2.45, 2.75) is 42.6 Å². The van der Waals surface area contributed by atoms with Crippen molar-refractivity contribution in [1.29, 1.82) is 0 Å². The number of thioether (sulfide) groups is 1. The molecule has 2 aromatic heterocycles. The summed E-state index contributed by atoms with van der Waals surface area (Å²) in [7, 11) is 0. The smallest absolute Gasteiger partial charge is 0.258 e. The zero-order chi connectivity index (χ0) is 15.6. The van der Waals surface area contributed by atoms with Gasteiger partial charge in [0.05, 0.1) is 22.7 Å². The molecule has 0 saturated heterocycles. The Labute approximate surface area is 136 Å². The van der Waals surface area contributed by atoms with Crippen molar-refractivity contribution >= 4 is 22.7 Å². The molecular formula is C15H16N6OS. The number of H-pyrrole nitrogens is 1. The maximum atomic E-state index is 12.1. The van der Waals surface area contributed by atoms with Crippen LogP contribution in [-0.4, -0.2) is 30.2 Å². The molecule has 4 rings (SSSR count). The van der Waals surface area contributed by atoms with Crippen molar-refractivity contribution in [2.24, 2.45) is 0 Å². The molecule has 3 aromatic rings. The van der Waals surface area contributed by atoms with Crippen molar-refractivity contribution in [2.75, 3.05) is 0 Å². The van der Waals surface area contributed by atoms with Gasteiger partial charge in [-0.15, -0.1) is 5.10 Å². The van der Waals surface area contributed by atoms with E-state index in [1.165, 1.54) is 24.6 Å². The lowest BCUT2D eigenvalue weighted by Gasteiger charge is -2.10. The van der Waals surface area contributed by atoms with Crippen LogP contribution < -0.4 is 5.56 Å². The Bertz CT molecular complexity index is 883. The molecule has 23 heavy (non-hydrogen) atoms. The maximum Gasteiger partial charge on any atom is 0.258 e. The zero-order valence-corrected chi connectivity index (χ0v) is 13.3. The third kappa shape index (κ3) is 2.86. The molecule has 2 heterocycles. The van der Waals surface area contributed by atoms with Crippen LogP contribution in [0.1, 0.15) is 37.5 Å². The number of nitrogens with zero attached hydrogens (tertiary/aromatic N) is 5. The Morgan fingerprint density at radius 3 is 2.96 bits per heavy atom. The quantitative estimate of drug-likeness (QED) is 0.739. The standard InChI is InChI=1S/C15H16N6OS/c22-14-11-7-3-4-8-12(11)16-13(17-14)9-23-15-18-19-20-21(15)10-5-1-2-6-10/h3-4,7-8,10H,1-2,5-6,9H2,(H,16,17,22). The second-order valence-electron chi connectivity index (χ2n) is 5.66. The van der Waals surface area contributed by atoms with Gasteiger partial charge in [0.15, 0.2) is 0 Å². The van der Waals surface area contributed by atoms with Crippen molar-refractivity contribution in [3.63, 3.8) is 0 Å². The minimum absolute atomic E-state index is 0.110. The van der Waals surface area contributed by atoms with Gasteiger partial charge < -0.3 is 4.98 Å². The van der Waals surface area contributed by atoms with E-state index in [1.807, 2.05) is 22.9 Å². The lowest BCUT2D eigenvalue weighted by atomic mass is 10.2. The monoisotopic (exact) mass is 328 g/mol. The van der Waals surface area contributed by atoms with Crippen molar-refractivity contribution in [3.05, 3.63) is 40.4 Å². The number of rotatable bonds is 4. The summed E-state index contributed by atoms with van der Waals surface area (Å²) in [6.07, 6.45) is 4.72. The fraction of sp³-hybridized carbons (Fsp3) is 0.400. The van der Waals surface area contributed by atoms with Crippen LogP contribution in [0, 0.1) is 0 Å². The minimum atomic E-state index is -0.110. The fourth-order valence-corrected chi connectivity index (χ4v) is 3.81. The first-order chi connectivity index (χ1) is 11.3. The summed E-state index contributed by atoms with van der Waals surface area (Å²) in [5.74, 6) is 1.17. The normalized spacial score (nSPS) is 15.5. The summed E-state index contributed by atoms with van der Waals surface area (Å²) in [6.45, 7) is 0. The highest BCUT2D eigenvalue weighted by molar-refractivity contribution is 7.98. The Morgan fingerprint density at radius 2 is 2.09 bits per heavy atom. The summed E-state index contributed by atoms with van der Waals surface area (Å²) in [4.78, 5) is 19.4. The average Bonchev–Trinajstić information content (AvgIpc) is 3.24. The van der Waals surface area contributed by atoms with Gasteiger partial charge in [0.25, 0.3) is 5.56 Å². The molecule has 0 unspecified atom stereocenters. The van der Waals surface area contributed by atoms with E-state index in [0.717, 1.165) is 18.0 Å². The van der Waals surface area contributed by atoms with Gasteiger partial charge in [0.1, 0.15) is 5.82 Å². The van der Waals surface area contributed by atoms with Gasteiger partial charge in [-0.25, -0.2) is 9.67 Å². The highest BCUT2D eigenvalue weighted by Gasteiger charge is 2.21. The number of aromatic amines is 1. The van der Waals surface area contributed by atoms with Crippen LogP contribution in [0.4, 0.5) is 0 Å². The van der Waals surface area contributed by atoms with E-state index in [-0.39, 0.29) is 5.56 Å². The Morgan fingerprint density at radius 1 is 1.26 bits per heavy atom. The third-order valence-corrected chi connectivity index (χ3v) is 5.08. The predicted octanol–water partition coefficient (Wildman–Crippen LogP) is 2.32. The van der Waals surface area contributed by atoms with Gasteiger partial charge in [-0.2, -0.15) is 0 Å². The van der Waals surface area contributed by atoms with E-state index in [4.69, 9.17) is 0 Å². The van der Waals surface area contributed by atoms with E-state index >= 15 is 0 Å². The zero-order valence-electron chi connectivity index (χ0n) is 12.5. The third-order valence-electron chi connectivity index (χ3n) is 4.13. The Kier molecular flexibility index (Phi) is 3.82. The molecule has 0 radical (unpaired) electrons. The van der Waals surface area contributed by atoms with Gasteiger partial charge in [-0.3, -0.25) is 4.79 Å². The van der Waals surface area contributed by atoms with Crippen LogP contribution >= 0.6 is 11.8 Å². The largest absolute Gasteiger partial charge is 0.309 e. The molecule has 1 aliphatic carbocycles. The summed E-state index contributed by atoms with van der Waals surface area (Å²) in [5, 5.41) is 13.4. The number of hydrogen-bond donors (Lipinski definition) is 1. The SMILES string of the molecule is O=c1[nH]c(CSc2nnnn2C2CCCC2)nc2ccccc12. The average molecular weight is 328 g/mol. The van der Waals surface area contributed by atoms with E-state index in [2.05, 4.69) is 25.5 Å². The van der Waals surface area contributed by atoms with Crippen LogP contribution in [0.15, 0.2) is 34.2 Å². The molecule has 1 saturated carbocycles. The van der Waals surface area contributed by atoms with Crippen LogP contribution in [-0.2, 0) is 5.75 Å². The summed E-state index contributed by atoms with van der Waals surface area (Å²) < 4.78 is 1.91. The molecule has 1 N–H and O–H groups in total. The summed E-state index contributed by atoms with van der Waals surface area (Å²) >= 11 is 1.51. The van der Waals surface area contributed by atoms with Gasteiger partial charge in [-0.1, -0.05) is 36.7 Å². The van der Waals surface area contributed by atoms with E-state index < -0.39 is 0 Å². The first-order valence-corrected chi connectivity index (χ1v) is 8.68. The molecule has 7 nitrogen and oxygen atoms in total. The molecule has 1 aliphatic rings. The first kappa shape index (κ1) is 14.4. The van der Waals surface area contributed by atoms with Gasteiger partial charge in [-0.05, 0) is 35.4 Å². The number of nitrogens with one attached hydrogen (secondary N) is 1. The Balaban J connectivity index is 1.56. The number of tetrazole rings is 1. The topological polar surface area (TPSA) is 89.4 Å². The van der Waals surface area contributed by atoms with Crippen LogP contribution in [0.5, 0.6) is 0 Å². The maximum absolute atomic E-state index is 12.1. The molecule has 1 fully saturated rings. The second kappa shape index (κ2) is 6.11. The van der Waals surface area contributed by atoms with Crippen LogP contribution in [0.2, 0.25) is 0 Å². The number of para-hydroxylation sites is 1. The molecule has 0 spiro atoms. The lowest BCUT2D eigenvalue weighted by Crippen LogP contribution is -2.12. The number of aromatic nitrogens is 6. The number of hydrogen-bond acceptors (Lipinski definition) is 6. The second-order valence-corrected chi connectivity index (χ2v) is 6.61. The summed E-state index contributed by atoms with van der Waals surface area (Å²) in [5.41, 5.74) is 0.601. The van der Waals surface area contributed by atoms with Crippen molar-refractivity contribution in [3.8, 4) is 0 Å². The number of fused-ring (bicyclic) bond motifs is 1. The Hall–Kier alpha value is -2.22.